The average molecular weight is 253 g/mol. The van der Waals surface area contributed by atoms with E-state index in [0.717, 1.165) is 51.2 Å². The molecule has 0 spiro atoms. The normalized spacial score (nSPS) is 38.9. The SMILES string of the molecule is CCC1CCC(=O)C(CN2CCC(O)C(C)C2)C1. The molecule has 0 amide bonds. The van der Waals surface area contributed by atoms with Gasteiger partial charge in [0.05, 0.1) is 6.10 Å². The Kier molecular flexibility index (Phi) is 4.79. The van der Waals surface area contributed by atoms with E-state index in [9.17, 15) is 9.90 Å². The minimum Gasteiger partial charge on any atom is -0.393 e. The number of carbonyl (C=O) groups is 1. The van der Waals surface area contributed by atoms with Crippen molar-refractivity contribution in [2.75, 3.05) is 19.6 Å². The Labute approximate surface area is 111 Å². The van der Waals surface area contributed by atoms with Crippen molar-refractivity contribution in [3.63, 3.8) is 0 Å². The van der Waals surface area contributed by atoms with Crippen molar-refractivity contribution < 1.29 is 9.90 Å². The number of piperidine rings is 1. The number of hydrogen-bond donors (Lipinski definition) is 1. The van der Waals surface area contributed by atoms with Crippen LogP contribution in [0.3, 0.4) is 0 Å². The van der Waals surface area contributed by atoms with Crippen molar-refractivity contribution in [1.82, 2.24) is 4.90 Å². The summed E-state index contributed by atoms with van der Waals surface area (Å²) in [6, 6.07) is 0. The van der Waals surface area contributed by atoms with E-state index in [1.807, 2.05) is 0 Å². The van der Waals surface area contributed by atoms with Gasteiger partial charge in [0.25, 0.3) is 0 Å². The third-order valence-electron chi connectivity index (χ3n) is 4.87. The first-order chi connectivity index (χ1) is 8.60. The van der Waals surface area contributed by atoms with Gasteiger partial charge in [-0.2, -0.15) is 0 Å². The third kappa shape index (κ3) is 3.33. The van der Waals surface area contributed by atoms with Crippen LogP contribution in [-0.4, -0.2) is 41.5 Å². The first kappa shape index (κ1) is 14.0. The molecule has 1 aliphatic heterocycles. The Hall–Kier alpha value is -0.410. The molecule has 104 valence electrons. The number of ketones is 1. The van der Waals surface area contributed by atoms with E-state index in [1.165, 1.54) is 6.42 Å². The van der Waals surface area contributed by atoms with Crippen molar-refractivity contribution >= 4 is 5.78 Å². The molecule has 1 aliphatic carbocycles. The van der Waals surface area contributed by atoms with Gasteiger partial charge in [-0.25, -0.2) is 0 Å². The lowest BCUT2D eigenvalue weighted by Crippen LogP contribution is -2.45. The van der Waals surface area contributed by atoms with Gasteiger partial charge in [-0.05, 0) is 31.1 Å². The summed E-state index contributed by atoms with van der Waals surface area (Å²) in [4.78, 5) is 14.4. The molecule has 2 aliphatic rings. The molecule has 0 aromatic rings. The lowest BCUT2D eigenvalue weighted by atomic mass is 9.79. The number of carbonyl (C=O) groups excluding carboxylic acids is 1. The highest BCUT2D eigenvalue weighted by atomic mass is 16.3. The number of aliphatic hydroxyl groups is 1. The zero-order valence-electron chi connectivity index (χ0n) is 11.8. The van der Waals surface area contributed by atoms with Gasteiger partial charge in [-0.15, -0.1) is 0 Å². The molecule has 4 unspecified atom stereocenters. The highest BCUT2D eigenvalue weighted by Crippen LogP contribution is 2.30. The van der Waals surface area contributed by atoms with Crippen molar-refractivity contribution in [3.05, 3.63) is 0 Å². The van der Waals surface area contributed by atoms with Crippen LogP contribution in [0.1, 0.15) is 46.0 Å². The van der Waals surface area contributed by atoms with Gasteiger partial charge in [-0.3, -0.25) is 4.79 Å². The molecule has 1 heterocycles. The average Bonchev–Trinajstić information content (AvgIpc) is 2.36. The number of nitrogens with zero attached hydrogens (tertiary/aromatic N) is 1. The standard InChI is InChI=1S/C15H27NO2/c1-3-12-4-5-15(18)13(8-12)10-16-7-6-14(17)11(2)9-16/h11-14,17H,3-10H2,1-2H3. The van der Waals surface area contributed by atoms with Gasteiger partial charge in [0.2, 0.25) is 0 Å². The highest BCUT2D eigenvalue weighted by Gasteiger charge is 2.31. The maximum Gasteiger partial charge on any atom is 0.137 e. The van der Waals surface area contributed by atoms with E-state index in [1.54, 1.807) is 0 Å². The second-order valence-corrected chi connectivity index (χ2v) is 6.30. The van der Waals surface area contributed by atoms with Gasteiger partial charge < -0.3 is 10.0 Å². The molecule has 0 bridgehead atoms. The second kappa shape index (κ2) is 6.16. The van der Waals surface area contributed by atoms with Gasteiger partial charge >= 0.3 is 0 Å². The Morgan fingerprint density at radius 1 is 1.39 bits per heavy atom. The molecule has 3 nitrogen and oxygen atoms in total. The van der Waals surface area contributed by atoms with Crippen LogP contribution in [-0.2, 0) is 4.79 Å². The lowest BCUT2D eigenvalue weighted by Gasteiger charge is -2.37. The van der Waals surface area contributed by atoms with Gasteiger partial charge in [0, 0.05) is 32.0 Å². The summed E-state index contributed by atoms with van der Waals surface area (Å²) in [6.45, 7) is 7.16. The quantitative estimate of drug-likeness (QED) is 0.837. The summed E-state index contributed by atoms with van der Waals surface area (Å²) in [7, 11) is 0. The number of likely N-dealkylation sites (tertiary alicyclic amines) is 1. The molecule has 0 aromatic carbocycles. The van der Waals surface area contributed by atoms with Crippen molar-refractivity contribution in [1.29, 1.82) is 0 Å². The fraction of sp³-hybridized carbons (Fsp3) is 0.933. The minimum atomic E-state index is -0.147. The minimum absolute atomic E-state index is 0.147. The molecular weight excluding hydrogens is 226 g/mol. The zero-order valence-corrected chi connectivity index (χ0v) is 11.8. The molecule has 1 saturated heterocycles. The van der Waals surface area contributed by atoms with Crippen LogP contribution in [0.5, 0.6) is 0 Å². The summed E-state index contributed by atoms with van der Waals surface area (Å²) < 4.78 is 0. The first-order valence-corrected chi connectivity index (χ1v) is 7.53. The Morgan fingerprint density at radius 3 is 2.83 bits per heavy atom. The predicted octanol–water partition coefficient (Wildman–Crippen LogP) is 2.08. The maximum atomic E-state index is 12.0. The van der Waals surface area contributed by atoms with Crippen molar-refractivity contribution in [2.24, 2.45) is 17.8 Å². The largest absolute Gasteiger partial charge is 0.393 e. The molecule has 4 atom stereocenters. The van der Waals surface area contributed by atoms with E-state index < -0.39 is 0 Å². The van der Waals surface area contributed by atoms with Crippen molar-refractivity contribution in [3.8, 4) is 0 Å². The van der Waals surface area contributed by atoms with E-state index in [2.05, 4.69) is 18.7 Å². The monoisotopic (exact) mass is 253 g/mol. The van der Waals surface area contributed by atoms with Crippen LogP contribution in [0.2, 0.25) is 0 Å². The summed E-state index contributed by atoms with van der Waals surface area (Å²) >= 11 is 0. The van der Waals surface area contributed by atoms with Crippen LogP contribution in [0.15, 0.2) is 0 Å². The van der Waals surface area contributed by atoms with E-state index >= 15 is 0 Å². The van der Waals surface area contributed by atoms with E-state index in [-0.39, 0.29) is 12.0 Å². The maximum absolute atomic E-state index is 12.0. The predicted molar refractivity (Wildman–Crippen MR) is 72.4 cm³/mol. The molecule has 3 heteroatoms. The molecule has 2 rings (SSSR count). The number of aliphatic hydroxyl groups excluding tert-OH is 1. The van der Waals surface area contributed by atoms with Crippen LogP contribution < -0.4 is 0 Å². The number of rotatable bonds is 3. The fourth-order valence-electron chi connectivity index (χ4n) is 3.45. The third-order valence-corrected chi connectivity index (χ3v) is 4.87. The van der Waals surface area contributed by atoms with Gasteiger partial charge in [0.1, 0.15) is 5.78 Å². The van der Waals surface area contributed by atoms with E-state index in [0.29, 0.717) is 11.7 Å². The van der Waals surface area contributed by atoms with Crippen LogP contribution in [0.25, 0.3) is 0 Å². The Bertz CT molecular complexity index is 292. The smallest absolute Gasteiger partial charge is 0.137 e. The molecule has 0 radical (unpaired) electrons. The summed E-state index contributed by atoms with van der Waals surface area (Å²) in [5, 5.41) is 9.74. The summed E-state index contributed by atoms with van der Waals surface area (Å²) in [5.41, 5.74) is 0. The Balaban J connectivity index is 1.86. The summed E-state index contributed by atoms with van der Waals surface area (Å²) in [5.74, 6) is 1.82. The Morgan fingerprint density at radius 2 is 2.17 bits per heavy atom. The fourth-order valence-corrected chi connectivity index (χ4v) is 3.45. The molecule has 18 heavy (non-hydrogen) atoms. The molecule has 1 N–H and O–H groups in total. The summed E-state index contributed by atoms with van der Waals surface area (Å²) in [6.07, 6.45) is 4.89. The van der Waals surface area contributed by atoms with Crippen LogP contribution >= 0.6 is 0 Å². The highest BCUT2D eigenvalue weighted by molar-refractivity contribution is 5.81. The molecule has 2 fully saturated rings. The molecular formula is C15H27NO2. The number of hydrogen-bond acceptors (Lipinski definition) is 3. The zero-order chi connectivity index (χ0) is 13.1. The van der Waals surface area contributed by atoms with Gasteiger partial charge in [0.15, 0.2) is 0 Å². The number of Topliss-reactive ketones (excluding diaryl/α,β-unsaturated/α-hetero) is 1. The van der Waals surface area contributed by atoms with Crippen LogP contribution in [0, 0.1) is 17.8 Å². The topological polar surface area (TPSA) is 40.5 Å². The molecule has 1 saturated carbocycles. The van der Waals surface area contributed by atoms with E-state index in [4.69, 9.17) is 0 Å². The van der Waals surface area contributed by atoms with Crippen molar-refractivity contribution in [2.45, 2.75) is 52.1 Å². The first-order valence-electron chi connectivity index (χ1n) is 7.53. The van der Waals surface area contributed by atoms with Gasteiger partial charge in [-0.1, -0.05) is 20.3 Å². The molecule has 0 aromatic heterocycles. The van der Waals surface area contributed by atoms with Crippen LogP contribution in [0.4, 0.5) is 0 Å². The lowest BCUT2D eigenvalue weighted by molar-refractivity contribution is -0.126. The second-order valence-electron chi connectivity index (χ2n) is 6.30.